The maximum absolute atomic E-state index is 12.6. The van der Waals surface area contributed by atoms with E-state index in [1.54, 1.807) is 0 Å². The molecule has 2 aliphatic rings. The van der Waals surface area contributed by atoms with Crippen molar-refractivity contribution in [1.82, 2.24) is 9.47 Å². The van der Waals surface area contributed by atoms with Crippen LogP contribution in [-0.2, 0) is 20.8 Å². The van der Waals surface area contributed by atoms with Crippen molar-refractivity contribution in [2.24, 2.45) is 5.92 Å². The molecule has 10 heteroatoms. The molecular formula is C19H23N3O7. The van der Waals surface area contributed by atoms with Gasteiger partial charge in [0.25, 0.3) is 5.69 Å². The first kappa shape index (κ1) is 19.6. The zero-order chi connectivity index (χ0) is 20.4. The summed E-state index contributed by atoms with van der Waals surface area (Å²) < 4.78 is 17.7. The van der Waals surface area contributed by atoms with Crippen molar-refractivity contribution in [2.45, 2.75) is 38.5 Å². The van der Waals surface area contributed by atoms with Crippen LogP contribution in [0.3, 0.4) is 0 Å². The molecule has 0 N–H and O–H groups in total. The quantitative estimate of drug-likeness (QED) is 0.532. The summed E-state index contributed by atoms with van der Waals surface area (Å²) in [5.41, 5.74) is 0.524. The number of piperidine rings is 1. The number of likely N-dealkylation sites (tertiary alicyclic amines) is 1. The first-order chi connectivity index (χ1) is 14.0. The number of non-ortho nitro benzene ring substituents is 1. The van der Waals surface area contributed by atoms with E-state index < -0.39 is 10.7 Å². The number of fused-ring (bicyclic) bond motifs is 1. The second-order valence-electron chi connectivity index (χ2n) is 7.38. The predicted octanol–water partition coefficient (Wildman–Crippen LogP) is 1.89. The number of amides is 1. The number of rotatable bonds is 6. The summed E-state index contributed by atoms with van der Waals surface area (Å²) in [6.45, 7) is 2.86. The average Bonchev–Trinajstić information content (AvgIpc) is 3.36. The maximum Gasteiger partial charge on any atom is 0.419 e. The summed E-state index contributed by atoms with van der Waals surface area (Å²) in [4.78, 5) is 36.9. The fraction of sp³-hybridized carbons (Fsp3) is 0.579. The summed E-state index contributed by atoms with van der Waals surface area (Å²) in [6, 6.07) is 4.07. The largest absolute Gasteiger partial charge is 0.419 e. The molecule has 0 radical (unpaired) electrons. The monoisotopic (exact) mass is 405 g/mol. The van der Waals surface area contributed by atoms with Gasteiger partial charge in [-0.3, -0.25) is 19.5 Å². The van der Waals surface area contributed by atoms with Crippen molar-refractivity contribution >= 4 is 22.7 Å². The Kier molecular flexibility index (Phi) is 5.63. The molecule has 29 heavy (non-hydrogen) atoms. The lowest BCUT2D eigenvalue weighted by molar-refractivity contribution is -0.384. The maximum atomic E-state index is 12.6. The van der Waals surface area contributed by atoms with Crippen LogP contribution in [0, 0.1) is 16.0 Å². The molecule has 0 spiro atoms. The van der Waals surface area contributed by atoms with Crippen LogP contribution in [-0.4, -0.2) is 52.9 Å². The number of carbonyl (C=O) groups excluding carboxylic acids is 1. The zero-order valence-electron chi connectivity index (χ0n) is 16.0. The summed E-state index contributed by atoms with van der Waals surface area (Å²) >= 11 is 0. The van der Waals surface area contributed by atoms with E-state index in [-0.39, 0.29) is 29.4 Å². The van der Waals surface area contributed by atoms with Gasteiger partial charge in [-0.15, -0.1) is 0 Å². The highest BCUT2D eigenvalue weighted by molar-refractivity contribution is 5.77. The number of nitro groups is 1. The number of aromatic nitrogens is 1. The Bertz CT molecular complexity index is 960. The number of nitrogens with zero attached hydrogens (tertiary/aromatic N) is 3. The van der Waals surface area contributed by atoms with Crippen LogP contribution < -0.4 is 5.76 Å². The predicted molar refractivity (Wildman–Crippen MR) is 101 cm³/mol. The topological polar surface area (TPSA) is 117 Å². The average molecular weight is 405 g/mol. The first-order valence-electron chi connectivity index (χ1n) is 9.81. The summed E-state index contributed by atoms with van der Waals surface area (Å²) in [6.07, 6.45) is 2.47. The number of carbonyl (C=O) groups is 1. The van der Waals surface area contributed by atoms with Crippen LogP contribution >= 0.6 is 0 Å². The lowest BCUT2D eigenvalue weighted by atomic mass is 9.97. The highest BCUT2D eigenvalue weighted by atomic mass is 16.7. The normalized spacial score (nSPS) is 20.4. The third-order valence-electron chi connectivity index (χ3n) is 5.48. The van der Waals surface area contributed by atoms with Gasteiger partial charge >= 0.3 is 5.76 Å². The van der Waals surface area contributed by atoms with Crippen molar-refractivity contribution in [3.8, 4) is 0 Å². The Morgan fingerprint density at radius 1 is 1.28 bits per heavy atom. The standard InChI is InChI=1S/C19H23N3O7/c23-17(20-7-1-3-13(12-20)18-27-9-10-28-18)4-2-8-21-15-6-5-14(22(25)26)11-16(15)29-19(21)24/h5-6,11,13,18H,1-4,7-10,12H2. The third-order valence-corrected chi connectivity index (χ3v) is 5.48. The van der Waals surface area contributed by atoms with Gasteiger partial charge in [0, 0.05) is 38.0 Å². The molecule has 0 saturated carbocycles. The van der Waals surface area contributed by atoms with Gasteiger partial charge in [-0.25, -0.2) is 4.79 Å². The first-order valence-corrected chi connectivity index (χ1v) is 9.81. The molecule has 156 valence electrons. The Labute approximate surface area is 166 Å². The molecule has 2 fully saturated rings. The van der Waals surface area contributed by atoms with Crippen LogP contribution in [0.5, 0.6) is 0 Å². The number of oxazole rings is 1. The molecule has 3 heterocycles. The van der Waals surface area contributed by atoms with Gasteiger partial charge < -0.3 is 18.8 Å². The van der Waals surface area contributed by atoms with Gasteiger partial charge in [-0.1, -0.05) is 0 Å². The van der Waals surface area contributed by atoms with Crippen molar-refractivity contribution in [1.29, 1.82) is 0 Å². The molecule has 1 atom stereocenters. The fourth-order valence-corrected chi connectivity index (χ4v) is 4.03. The highest BCUT2D eigenvalue weighted by Crippen LogP contribution is 2.25. The summed E-state index contributed by atoms with van der Waals surface area (Å²) in [7, 11) is 0. The van der Waals surface area contributed by atoms with E-state index in [0.717, 1.165) is 19.4 Å². The molecule has 2 aliphatic heterocycles. The zero-order valence-corrected chi connectivity index (χ0v) is 16.0. The molecule has 1 amide bonds. The van der Waals surface area contributed by atoms with Crippen molar-refractivity contribution in [3.63, 3.8) is 0 Å². The highest BCUT2D eigenvalue weighted by Gasteiger charge is 2.32. The Morgan fingerprint density at radius 2 is 2.07 bits per heavy atom. The van der Waals surface area contributed by atoms with E-state index in [4.69, 9.17) is 13.9 Å². The Balaban J connectivity index is 1.35. The Morgan fingerprint density at radius 3 is 2.83 bits per heavy atom. The van der Waals surface area contributed by atoms with Crippen LogP contribution in [0.2, 0.25) is 0 Å². The summed E-state index contributed by atoms with van der Waals surface area (Å²) in [5, 5.41) is 10.9. The van der Waals surface area contributed by atoms with Gasteiger partial charge in [0.2, 0.25) is 5.91 Å². The molecule has 0 aliphatic carbocycles. The smallest absolute Gasteiger partial charge is 0.407 e. The minimum absolute atomic E-state index is 0.0455. The number of hydrogen-bond donors (Lipinski definition) is 0. The molecule has 1 unspecified atom stereocenters. The van der Waals surface area contributed by atoms with E-state index in [9.17, 15) is 19.7 Å². The molecule has 1 aromatic carbocycles. The van der Waals surface area contributed by atoms with E-state index in [1.165, 1.54) is 22.8 Å². The molecule has 1 aromatic heterocycles. The lowest BCUT2D eigenvalue weighted by Gasteiger charge is -2.34. The van der Waals surface area contributed by atoms with Gasteiger partial charge in [-0.05, 0) is 25.3 Å². The number of nitro benzene ring substituents is 1. The second-order valence-corrected chi connectivity index (χ2v) is 7.38. The molecule has 0 bridgehead atoms. The van der Waals surface area contributed by atoms with E-state index in [2.05, 4.69) is 0 Å². The van der Waals surface area contributed by atoms with E-state index >= 15 is 0 Å². The van der Waals surface area contributed by atoms with Gasteiger partial charge in [0.15, 0.2) is 11.9 Å². The molecule has 10 nitrogen and oxygen atoms in total. The van der Waals surface area contributed by atoms with E-state index in [1.807, 2.05) is 4.90 Å². The van der Waals surface area contributed by atoms with Gasteiger partial charge in [0.1, 0.15) is 0 Å². The minimum atomic E-state index is -0.582. The summed E-state index contributed by atoms with van der Waals surface area (Å²) in [5.74, 6) is -0.336. The van der Waals surface area contributed by atoms with Crippen LogP contribution in [0.1, 0.15) is 25.7 Å². The number of ether oxygens (including phenoxy) is 2. The van der Waals surface area contributed by atoms with E-state index in [0.29, 0.717) is 44.7 Å². The Hall–Kier alpha value is -2.72. The molecular weight excluding hydrogens is 382 g/mol. The lowest BCUT2D eigenvalue weighted by Crippen LogP contribution is -2.43. The van der Waals surface area contributed by atoms with Crippen molar-refractivity contribution in [2.75, 3.05) is 26.3 Å². The van der Waals surface area contributed by atoms with Crippen molar-refractivity contribution < 1.29 is 23.6 Å². The molecule has 2 aromatic rings. The number of aryl methyl sites for hydroxylation is 1. The fourth-order valence-electron chi connectivity index (χ4n) is 4.03. The third kappa shape index (κ3) is 4.18. The number of hydrogen-bond acceptors (Lipinski definition) is 7. The van der Waals surface area contributed by atoms with Gasteiger partial charge in [0.05, 0.1) is 29.7 Å². The van der Waals surface area contributed by atoms with Crippen LogP contribution in [0.25, 0.3) is 11.1 Å². The SMILES string of the molecule is O=C(CCCn1c(=O)oc2cc([N+](=O)[O-])ccc21)N1CCCC(C2OCCO2)C1. The molecule has 4 rings (SSSR count). The van der Waals surface area contributed by atoms with Crippen LogP contribution in [0.4, 0.5) is 5.69 Å². The van der Waals surface area contributed by atoms with Crippen molar-refractivity contribution in [3.05, 3.63) is 38.9 Å². The second kappa shape index (κ2) is 8.34. The van der Waals surface area contributed by atoms with Crippen LogP contribution in [0.15, 0.2) is 27.4 Å². The minimum Gasteiger partial charge on any atom is -0.407 e. The van der Waals surface area contributed by atoms with Gasteiger partial charge in [-0.2, -0.15) is 0 Å². The number of benzene rings is 1. The molecule has 2 saturated heterocycles.